The van der Waals surface area contributed by atoms with E-state index in [1.54, 1.807) is 6.07 Å². The second kappa shape index (κ2) is 7.93. The van der Waals surface area contributed by atoms with E-state index in [0.717, 1.165) is 26.1 Å². The molecule has 1 fully saturated rings. The van der Waals surface area contributed by atoms with Crippen LogP contribution in [0.2, 0.25) is 0 Å². The molecule has 1 aromatic rings. The standard InChI is InChI=1S/C17H24N4O2/c1-13(2)9-16(20-7-3-4-8-20)12-19-17-6-5-15(21(22)23)10-14(17)11-18/h5-6,10,13,16,19H,3-4,7-9,12H2,1-2H3/t16-/m0/s1. The Labute approximate surface area is 137 Å². The topological polar surface area (TPSA) is 82.2 Å². The first-order chi connectivity index (χ1) is 11.0. The van der Waals surface area contributed by atoms with Crippen molar-refractivity contribution >= 4 is 11.4 Å². The highest BCUT2D eigenvalue weighted by Crippen LogP contribution is 2.23. The summed E-state index contributed by atoms with van der Waals surface area (Å²) in [4.78, 5) is 12.8. The first-order valence-electron chi connectivity index (χ1n) is 8.17. The van der Waals surface area contributed by atoms with E-state index in [2.05, 4.69) is 24.1 Å². The van der Waals surface area contributed by atoms with Gasteiger partial charge in [0.2, 0.25) is 0 Å². The number of nitrogens with one attached hydrogen (secondary N) is 1. The van der Waals surface area contributed by atoms with Crippen molar-refractivity contribution in [3.05, 3.63) is 33.9 Å². The average molecular weight is 316 g/mol. The molecule has 23 heavy (non-hydrogen) atoms. The van der Waals surface area contributed by atoms with Crippen molar-refractivity contribution in [3.8, 4) is 6.07 Å². The molecule has 1 aliphatic heterocycles. The molecule has 1 N–H and O–H groups in total. The Hall–Kier alpha value is -2.13. The molecule has 2 rings (SSSR count). The van der Waals surface area contributed by atoms with Gasteiger partial charge in [-0.05, 0) is 44.3 Å². The van der Waals surface area contributed by atoms with Gasteiger partial charge in [-0.15, -0.1) is 0 Å². The summed E-state index contributed by atoms with van der Waals surface area (Å²) < 4.78 is 0. The van der Waals surface area contributed by atoms with Crippen LogP contribution < -0.4 is 5.32 Å². The molecule has 0 aliphatic carbocycles. The third kappa shape index (κ3) is 4.67. The molecule has 0 aromatic heterocycles. The maximum Gasteiger partial charge on any atom is 0.270 e. The van der Waals surface area contributed by atoms with Crippen molar-refractivity contribution < 1.29 is 4.92 Å². The number of anilines is 1. The van der Waals surface area contributed by atoms with Gasteiger partial charge in [0.25, 0.3) is 5.69 Å². The van der Waals surface area contributed by atoms with Crippen LogP contribution in [0.5, 0.6) is 0 Å². The number of benzene rings is 1. The molecule has 6 heteroatoms. The summed E-state index contributed by atoms with van der Waals surface area (Å²) in [7, 11) is 0. The van der Waals surface area contributed by atoms with E-state index in [1.165, 1.54) is 25.0 Å². The molecule has 0 bridgehead atoms. The zero-order valence-electron chi connectivity index (χ0n) is 13.8. The largest absolute Gasteiger partial charge is 0.382 e. The second-order valence-electron chi connectivity index (χ2n) is 6.51. The molecule has 1 saturated heterocycles. The molecule has 0 saturated carbocycles. The lowest BCUT2D eigenvalue weighted by Gasteiger charge is -2.29. The number of nitrogens with zero attached hydrogens (tertiary/aromatic N) is 3. The maximum absolute atomic E-state index is 10.8. The number of hydrogen-bond acceptors (Lipinski definition) is 5. The minimum Gasteiger partial charge on any atom is -0.382 e. The summed E-state index contributed by atoms with van der Waals surface area (Å²) >= 11 is 0. The van der Waals surface area contributed by atoms with Gasteiger partial charge in [-0.25, -0.2) is 0 Å². The molecule has 124 valence electrons. The van der Waals surface area contributed by atoms with Crippen molar-refractivity contribution in [2.45, 2.75) is 39.2 Å². The first kappa shape index (κ1) is 17.2. The third-order valence-electron chi connectivity index (χ3n) is 4.26. The van der Waals surface area contributed by atoms with Crippen LogP contribution in [0.3, 0.4) is 0 Å². The van der Waals surface area contributed by atoms with Crippen molar-refractivity contribution in [2.24, 2.45) is 5.92 Å². The van der Waals surface area contributed by atoms with E-state index in [-0.39, 0.29) is 5.69 Å². The Kier molecular flexibility index (Phi) is 5.94. The molecular formula is C17H24N4O2. The van der Waals surface area contributed by atoms with Gasteiger partial charge in [0.05, 0.1) is 16.2 Å². The molecule has 1 atom stereocenters. The highest BCUT2D eigenvalue weighted by atomic mass is 16.6. The predicted molar refractivity (Wildman–Crippen MR) is 90.4 cm³/mol. The SMILES string of the molecule is CC(C)C[C@@H](CNc1ccc([N+](=O)[O-])cc1C#N)N1CCCC1. The summed E-state index contributed by atoms with van der Waals surface area (Å²) in [6.07, 6.45) is 3.59. The molecule has 1 heterocycles. The van der Waals surface area contributed by atoms with Crippen molar-refractivity contribution in [1.82, 2.24) is 4.90 Å². The number of likely N-dealkylation sites (tertiary alicyclic amines) is 1. The molecule has 0 amide bonds. The van der Waals surface area contributed by atoms with Crippen LogP contribution in [0.15, 0.2) is 18.2 Å². The Morgan fingerprint density at radius 3 is 2.65 bits per heavy atom. The molecule has 1 aliphatic rings. The summed E-state index contributed by atoms with van der Waals surface area (Å²) in [6.45, 7) is 7.45. The van der Waals surface area contributed by atoms with E-state index in [0.29, 0.717) is 23.2 Å². The van der Waals surface area contributed by atoms with E-state index in [1.807, 2.05) is 6.07 Å². The van der Waals surface area contributed by atoms with Gasteiger partial charge >= 0.3 is 0 Å². The first-order valence-corrected chi connectivity index (χ1v) is 8.17. The number of rotatable bonds is 7. The lowest BCUT2D eigenvalue weighted by Crippen LogP contribution is -2.39. The Morgan fingerprint density at radius 1 is 1.39 bits per heavy atom. The number of nitriles is 1. The molecule has 6 nitrogen and oxygen atoms in total. The van der Waals surface area contributed by atoms with Crippen LogP contribution in [-0.4, -0.2) is 35.5 Å². The van der Waals surface area contributed by atoms with Gasteiger partial charge in [0, 0.05) is 24.7 Å². The fourth-order valence-corrected chi connectivity index (χ4v) is 3.13. The van der Waals surface area contributed by atoms with Crippen LogP contribution >= 0.6 is 0 Å². The van der Waals surface area contributed by atoms with Crippen LogP contribution in [0.25, 0.3) is 0 Å². The van der Waals surface area contributed by atoms with Gasteiger partial charge in [0.1, 0.15) is 6.07 Å². The zero-order valence-corrected chi connectivity index (χ0v) is 13.8. The van der Waals surface area contributed by atoms with Gasteiger partial charge in [-0.2, -0.15) is 5.26 Å². The smallest absolute Gasteiger partial charge is 0.270 e. The lowest BCUT2D eigenvalue weighted by atomic mass is 10.0. The normalized spacial score (nSPS) is 16.3. The van der Waals surface area contributed by atoms with Gasteiger partial charge in [-0.3, -0.25) is 15.0 Å². The molecule has 1 aromatic carbocycles. The maximum atomic E-state index is 10.8. The van der Waals surface area contributed by atoms with Crippen LogP contribution in [0.4, 0.5) is 11.4 Å². The minimum absolute atomic E-state index is 0.0506. The third-order valence-corrected chi connectivity index (χ3v) is 4.26. The van der Waals surface area contributed by atoms with E-state index >= 15 is 0 Å². The fourth-order valence-electron chi connectivity index (χ4n) is 3.13. The molecule has 0 radical (unpaired) electrons. The Balaban J connectivity index is 2.07. The van der Waals surface area contributed by atoms with E-state index in [4.69, 9.17) is 0 Å². The van der Waals surface area contributed by atoms with E-state index in [9.17, 15) is 15.4 Å². The van der Waals surface area contributed by atoms with Gasteiger partial charge in [0.15, 0.2) is 0 Å². The van der Waals surface area contributed by atoms with Crippen LogP contribution in [0.1, 0.15) is 38.7 Å². The summed E-state index contributed by atoms with van der Waals surface area (Å²) in [6, 6.07) is 6.88. The Morgan fingerprint density at radius 2 is 2.09 bits per heavy atom. The number of hydrogen-bond donors (Lipinski definition) is 1. The molecular weight excluding hydrogens is 292 g/mol. The van der Waals surface area contributed by atoms with Gasteiger partial charge in [-0.1, -0.05) is 13.8 Å². The lowest BCUT2D eigenvalue weighted by molar-refractivity contribution is -0.384. The number of nitro benzene ring substituents is 1. The predicted octanol–water partition coefficient (Wildman–Crippen LogP) is 3.39. The minimum atomic E-state index is -0.476. The van der Waals surface area contributed by atoms with Crippen molar-refractivity contribution in [3.63, 3.8) is 0 Å². The fraction of sp³-hybridized carbons (Fsp3) is 0.588. The monoisotopic (exact) mass is 316 g/mol. The molecule has 0 spiro atoms. The highest BCUT2D eigenvalue weighted by Gasteiger charge is 2.23. The number of non-ortho nitro benzene ring substituents is 1. The van der Waals surface area contributed by atoms with Crippen molar-refractivity contribution in [2.75, 3.05) is 25.0 Å². The zero-order chi connectivity index (χ0) is 16.8. The quantitative estimate of drug-likeness (QED) is 0.616. The van der Waals surface area contributed by atoms with Gasteiger partial charge < -0.3 is 5.32 Å². The number of nitro groups is 1. The van der Waals surface area contributed by atoms with Crippen molar-refractivity contribution in [1.29, 1.82) is 5.26 Å². The average Bonchev–Trinajstić information content (AvgIpc) is 3.05. The van der Waals surface area contributed by atoms with E-state index < -0.39 is 4.92 Å². The summed E-state index contributed by atoms with van der Waals surface area (Å²) in [5.41, 5.74) is 0.945. The summed E-state index contributed by atoms with van der Waals surface area (Å²) in [5.74, 6) is 0.606. The highest BCUT2D eigenvalue weighted by molar-refractivity contribution is 5.61. The summed E-state index contributed by atoms with van der Waals surface area (Å²) in [5, 5.41) is 23.4. The molecule has 0 unspecified atom stereocenters. The van der Waals surface area contributed by atoms with Crippen LogP contribution in [0, 0.1) is 27.4 Å². The second-order valence-corrected chi connectivity index (χ2v) is 6.51. The Bertz CT molecular complexity index is 589. The van der Waals surface area contributed by atoms with Crippen LogP contribution in [-0.2, 0) is 0 Å².